The summed E-state index contributed by atoms with van der Waals surface area (Å²) in [6.45, 7) is 1.12. The Kier molecular flexibility index (Phi) is 12.5. The lowest BCUT2D eigenvalue weighted by Gasteiger charge is -2.29. The summed E-state index contributed by atoms with van der Waals surface area (Å²) in [5.74, 6) is -6.76. The molecule has 4 N–H and O–H groups in total. The van der Waals surface area contributed by atoms with Gasteiger partial charge in [-0.2, -0.15) is 0 Å². The molecule has 0 aromatic carbocycles. The van der Waals surface area contributed by atoms with Crippen molar-refractivity contribution in [2.45, 2.75) is 109 Å². The van der Waals surface area contributed by atoms with Crippen molar-refractivity contribution in [1.29, 1.82) is 0 Å². The van der Waals surface area contributed by atoms with Gasteiger partial charge in [-0.1, -0.05) is 84.0 Å². The van der Waals surface area contributed by atoms with Gasteiger partial charge < -0.3 is 29.9 Å². The smallest absolute Gasteiger partial charge is 0.378 e. The lowest BCUT2D eigenvalue weighted by molar-refractivity contribution is -0.259. The second kappa shape index (κ2) is 14.2. The van der Waals surface area contributed by atoms with Gasteiger partial charge in [-0.3, -0.25) is 4.79 Å². The normalized spacial score (nSPS) is 18.4. The first-order chi connectivity index (χ1) is 14.4. The van der Waals surface area contributed by atoms with Crippen molar-refractivity contribution in [2.75, 3.05) is 6.61 Å². The molecule has 2 atom stereocenters. The van der Waals surface area contributed by atoms with Crippen LogP contribution in [0.4, 0.5) is 0 Å². The van der Waals surface area contributed by atoms with E-state index in [1.54, 1.807) is 0 Å². The Hall–Kier alpha value is -1.80. The molecule has 1 aliphatic rings. The van der Waals surface area contributed by atoms with Crippen LogP contribution in [0.5, 0.6) is 0 Å². The summed E-state index contributed by atoms with van der Waals surface area (Å²) in [6.07, 6.45) is 13.3. The maximum Gasteiger partial charge on any atom is 0.378 e. The number of carbonyl (C=O) groups excluding carboxylic acids is 2. The Labute approximate surface area is 178 Å². The number of esters is 2. The van der Waals surface area contributed by atoms with Crippen LogP contribution in [0.25, 0.3) is 0 Å². The van der Waals surface area contributed by atoms with E-state index in [1.807, 2.05) is 0 Å². The van der Waals surface area contributed by atoms with Crippen molar-refractivity contribution in [1.82, 2.24) is 0 Å². The molecule has 1 heterocycles. The molecule has 0 spiro atoms. The summed E-state index contributed by atoms with van der Waals surface area (Å²) >= 11 is 0. The highest BCUT2D eigenvalue weighted by molar-refractivity contribution is 5.89. The van der Waals surface area contributed by atoms with E-state index in [-0.39, 0.29) is 6.42 Å². The molecule has 0 amide bonds. The summed E-state index contributed by atoms with van der Waals surface area (Å²) in [5, 5.41) is 38.5. The minimum atomic E-state index is -2.64. The fourth-order valence-corrected chi connectivity index (χ4v) is 3.46. The van der Waals surface area contributed by atoms with Crippen LogP contribution < -0.4 is 0 Å². The van der Waals surface area contributed by atoms with Crippen LogP contribution in [-0.2, 0) is 19.1 Å². The van der Waals surface area contributed by atoms with E-state index in [1.165, 1.54) is 57.8 Å². The van der Waals surface area contributed by atoms with E-state index < -0.39 is 42.0 Å². The molecule has 0 saturated carbocycles. The predicted molar refractivity (Wildman–Crippen MR) is 111 cm³/mol. The zero-order chi connectivity index (χ0) is 22.4. The highest BCUT2D eigenvalue weighted by Crippen LogP contribution is 2.29. The lowest BCUT2D eigenvalue weighted by atomic mass is 10.0. The van der Waals surface area contributed by atoms with Gasteiger partial charge in [0.15, 0.2) is 5.76 Å². The van der Waals surface area contributed by atoms with Crippen molar-refractivity contribution in [3.63, 3.8) is 0 Å². The minimum Gasteiger partial charge on any atom is -0.505 e. The third-order valence-electron chi connectivity index (χ3n) is 5.32. The average molecular weight is 431 g/mol. The molecule has 1 aliphatic heterocycles. The topological polar surface area (TPSA) is 134 Å². The molecule has 0 aromatic heterocycles. The maximum absolute atomic E-state index is 12.0. The molecule has 0 unspecified atom stereocenters. The second-order valence-corrected chi connectivity index (χ2v) is 7.99. The zero-order valence-electron chi connectivity index (χ0n) is 18.1. The van der Waals surface area contributed by atoms with Gasteiger partial charge in [0.25, 0.3) is 5.79 Å². The van der Waals surface area contributed by atoms with E-state index in [4.69, 9.17) is 4.74 Å². The SMILES string of the molecule is CCCCCCCCCCCCCCCC(=O)O[C@](O)(CO)[C@H]1OC(=O)C(O)=C1O. The fourth-order valence-electron chi connectivity index (χ4n) is 3.46. The molecule has 0 radical (unpaired) electrons. The van der Waals surface area contributed by atoms with Crippen molar-refractivity contribution in [3.8, 4) is 0 Å². The summed E-state index contributed by atoms with van der Waals surface area (Å²) in [7, 11) is 0. The Morgan fingerprint density at radius 3 is 1.80 bits per heavy atom. The molecule has 8 heteroatoms. The van der Waals surface area contributed by atoms with Crippen molar-refractivity contribution < 1.29 is 39.5 Å². The van der Waals surface area contributed by atoms with E-state index >= 15 is 0 Å². The molecule has 174 valence electrons. The van der Waals surface area contributed by atoms with E-state index in [9.17, 15) is 30.0 Å². The Bertz CT molecular complexity index is 559. The fraction of sp³-hybridized carbons (Fsp3) is 0.818. The van der Waals surface area contributed by atoms with Crippen LogP contribution in [0, 0.1) is 0 Å². The molecule has 0 fully saturated rings. The first-order valence-electron chi connectivity index (χ1n) is 11.2. The van der Waals surface area contributed by atoms with Gasteiger partial charge in [-0.05, 0) is 6.42 Å². The molecule has 1 rings (SSSR count). The maximum atomic E-state index is 12.0. The molecule has 0 saturated heterocycles. The van der Waals surface area contributed by atoms with Gasteiger partial charge >= 0.3 is 11.9 Å². The number of hydrogen-bond donors (Lipinski definition) is 4. The molecule has 0 bridgehead atoms. The third kappa shape index (κ3) is 8.92. The molecule has 30 heavy (non-hydrogen) atoms. The van der Waals surface area contributed by atoms with Gasteiger partial charge in [0.1, 0.15) is 6.61 Å². The number of aliphatic hydroxyl groups is 4. The van der Waals surface area contributed by atoms with Crippen LogP contribution in [0.3, 0.4) is 0 Å². The predicted octanol–water partition coefficient (Wildman–Crippen LogP) is 3.94. The third-order valence-corrected chi connectivity index (χ3v) is 5.32. The molecule has 8 nitrogen and oxygen atoms in total. The van der Waals surface area contributed by atoms with Crippen LogP contribution >= 0.6 is 0 Å². The summed E-state index contributed by atoms with van der Waals surface area (Å²) in [4.78, 5) is 23.2. The second-order valence-electron chi connectivity index (χ2n) is 7.99. The number of unbranched alkanes of at least 4 members (excludes halogenated alkanes) is 12. The van der Waals surface area contributed by atoms with E-state index in [0.29, 0.717) is 6.42 Å². The van der Waals surface area contributed by atoms with Gasteiger partial charge in [-0.15, -0.1) is 0 Å². The number of carbonyl (C=O) groups is 2. The summed E-state index contributed by atoms with van der Waals surface area (Å²) in [5.41, 5.74) is 0. The van der Waals surface area contributed by atoms with Crippen molar-refractivity contribution >= 4 is 11.9 Å². The molecular formula is C22H38O8. The monoisotopic (exact) mass is 430 g/mol. The minimum absolute atomic E-state index is 0.0250. The average Bonchev–Trinajstić information content (AvgIpc) is 2.99. The number of ether oxygens (including phenoxy) is 2. The van der Waals surface area contributed by atoms with E-state index in [0.717, 1.165) is 19.3 Å². The number of hydrogen-bond acceptors (Lipinski definition) is 8. The molecule has 0 aromatic rings. The van der Waals surface area contributed by atoms with Gasteiger partial charge in [0.2, 0.25) is 11.9 Å². The Morgan fingerprint density at radius 2 is 1.40 bits per heavy atom. The van der Waals surface area contributed by atoms with Crippen LogP contribution in [-0.4, -0.2) is 50.9 Å². The van der Waals surface area contributed by atoms with Crippen molar-refractivity contribution in [3.05, 3.63) is 11.5 Å². The Morgan fingerprint density at radius 1 is 0.933 bits per heavy atom. The van der Waals surface area contributed by atoms with Gasteiger partial charge in [0, 0.05) is 6.42 Å². The van der Waals surface area contributed by atoms with Gasteiger partial charge in [-0.25, -0.2) is 4.79 Å². The van der Waals surface area contributed by atoms with Crippen LogP contribution in [0.2, 0.25) is 0 Å². The highest BCUT2D eigenvalue weighted by atomic mass is 16.7. The first kappa shape index (κ1) is 26.2. The number of rotatable bonds is 17. The van der Waals surface area contributed by atoms with E-state index in [2.05, 4.69) is 11.7 Å². The van der Waals surface area contributed by atoms with Crippen molar-refractivity contribution in [2.24, 2.45) is 0 Å². The Balaban J connectivity index is 2.11. The quantitative estimate of drug-likeness (QED) is 0.155. The van der Waals surface area contributed by atoms with Crippen LogP contribution in [0.15, 0.2) is 11.5 Å². The summed E-state index contributed by atoms with van der Waals surface area (Å²) in [6, 6.07) is 0. The standard InChI is InChI=1S/C22H38O8/c1-2-3-4-5-6-7-8-9-10-11-12-13-14-15-17(24)30-22(28,16-23)20-18(25)19(26)21(27)29-20/h20,23,25-26,28H,2-16H2,1H3/t20-,22+/m0/s1. The summed E-state index contributed by atoms with van der Waals surface area (Å²) < 4.78 is 9.39. The number of aliphatic hydroxyl groups excluding tert-OH is 3. The largest absolute Gasteiger partial charge is 0.505 e. The lowest BCUT2D eigenvalue weighted by Crippen LogP contribution is -2.50. The molecular weight excluding hydrogens is 392 g/mol. The zero-order valence-corrected chi connectivity index (χ0v) is 18.1. The first-order valence-corrected chi connectivity index (χ1v) is 11.2. The highest BCUT2D eigenvalue weighted by Gasteiger charge is 2.51. The van der Waals surface area contributed by atoms with Crippen LogP contribution in [0.1, 0.15) is 96.8 Å². The molecule has 0 aliphatic carbocycles. The van der Waals surface area contributed by atoms with Gasteiger partial charge in [0.05, 0.1) is 0 Å². The number of cyclic esters (lactones) is 1.